The molecular formula is C22H30N4OS2. The first-order chi connectivity index (χ1) is 13.7. The standard InChI is InChI=1S/C22H30N4OS2/c1-21(2,3)29(27)26-22(4,14-20-24-11-6-12-25-20)10-9-19(16-28)18-8-5-7-17(13-18)15-23/h5,7-10,13,16,26,28H,6,11-12,14H2,1-4H3,(H,24,25)/b10-9+,19-16+/t22-,29?/m1/s1. The molecular weight excluding hydrogens is 400 g/mol. The molecule has 2 atom stereocenters. The summed E-state index contributed by atoms with van der Waals surface area (Å²) in [6.45, 7) is 9.58. The molecule has 0 amide bonds. The first-order valence-corrected chi connectivity index (χ1v) is 11.3. The van der Waals surface area contributed by atoms with Crippen LogP contribution < -0.4 is 10.0 Å². The molecule has 0 fully saturated rings. The van der Waals surface area contributed by atoms with Crippen molar-refractivity contribution in [2.75, 3.05) is 13.1 Å². The van der Waals surface area contributed by atoms with E-state index in [1.807, 2.05) is 58.0 Å². The van der Waals surface area contributed by atoms with Crippen LogP contribution in [0.25, 0.3) is 5.57 Å². The molecule has 0 saturated carbocycles. The van der Waals surface area contributed by atoms with Crippen molar-refractivity contribution in [3.8, 4) is 6.07 Å². The van der Waals surface area contributed by atoms with Crippen LogP contribution in [0.3, 0.4) is 0 Å². The van der Waals surface area contributed by atoms with Crippen LogP contribution in [0.15, 0.2) is 46.8 Å². The molecule has 0 aromatic heterocycles. The number of aliphatic imine (C=N–C) groups is 1. The molecule has 1 aromatic carbocycles. The predicted octanol–water partition coefficient (Wildman–Crippen LogP) is 3.98. The van der Waals surface area contributed by atoms with Crippen molar-refractivity contribution in [1.29, 1.82) is 5.26 Å². The number of rotatable bonds is 7. The molecule has 0 aliphatic carbocycles. The Labute approximate surface area is 183 Å². The summed E-state index contributed by atoms with van der Waals surface area (Å²) in [6, 6.07) is 9.56. The molecule has 156 valence electrons. The summed E-state index contributed by atoms with van der Waals surface area (Å²) in [5.41, 5.74) is 1.80. The lowest BCUT2D eigenvalue weighted by molar-refractivity contribution is 0.484. The van der Waals surface area contributed by atoms with Crippen LogP contribution in [0.4, 0.5) is 0 Å². The van der Waals surface area contributed by atoms with Crippen LogP contribution in [0, 0.1) is 11.3 Å². The molecule has 1 heterocycles. The van der Waals surface area contributed by atoms with E-state index in [0.29, 0.717) is 12.0 Å². The molecule has 29 heavy (non-hydrogen) atoms. The summed E-state index contributed by atoms with van der Waals surface area (Å²) in [6.07, 6.45) is 5.60. The van der Waals surface area contributed by atoms with Crippen molar-refractivity contribution < 1.29 is 4.55 Å². The van der Waals surface area contributed by atoms with E-state index in [4.69, 9.17) is 5.26 Å². The Morgan fingerprint density at radius 3 is 2.76 bits per heavy atom. The molecule has 1 aromatic rings. The summed E-state index contributed by atoms with van der Waals surface area (Å²) >= 11 is 3.11. The molecule has 0 saturated heterocycles. The number of thiol groups is 1. The number of amidine groups is 1. The van der Waals surface area contributed by atoms with Gasteiger partial charge in [0.05, 0.1) is 23.0 Å². The van der Waals surface area contributed by atoms with Crippen molar-refractivity contribution in [3.63, 3.8) is 0 Å². The van der Waals surface area contributed by atoms with Crippen LogP contribution in [0.5, 0.6) is 0 Å². The summed E-state index contributed by atoms with van der Waals surface area (Å²) < 4.78 is 15.7. The summed E-state index contributed by atoms with van der Waals surface area (Å²) in [5.74, 6) is 0.921. The number of nitrogens with one attached hydrogen (secondary N) is 2. The van der Waals surface area contributed by atoms with Crippen molar-refractivity contribution in [3.05, 3.63) is 53.0 Å². The largest absolute Gasteiger partial charge is 0.598 e. The molecule has 0 spiro atoms. The number of hydrogen-bond donors (Lipinski definition) is 3. The average Bonchev–Trinajstić information content (AvgIpc) is 2.68. The molecule has 0 bridgehead atoms. The van der Waals surface area contributed by atoms with Gasteiger partial charge in [0.25, 0.3) is 0 Å². The zero-order chi connectivity index (χ0) is 21.5. The highest BCUT2D eigenvalue weighted by molar-refractivity contribution is 7.90. The second kappa shape index (κ2) is 10.4. The van der Waals surface area contributed by atoms with Gasteiger partial charge in [0.1, 0.15) is 4.75 Å². The minimum atomic E-state index is -1.24. The van der Waals surface area contributed by atoms with Gasteiger partial charge < -0.3 is 9.87 Å². The van der Waals surface area contributed by atoms with Crippen molar-refractivity contribution >= 4 is 35.4 Å². The second-order valence-electron chi connectivity index (χ2n) is 8.30. The maximum absolute atomic E-state index is 12.8. The third kappa shape index (κ3) is 7.23. The van der Waals surface area contributed by atoms with Crippen molar-refractivity contribution in [1.82, 2.24) is 10.0 Å². The first-order valence-electron chi connectivity index (χ1n) is 9.68. The van der Waals surface area contributed by atoms with E-state index < -0.39 is 16.9 Å². The zero-order valence-corrected chi connectivity index (χ0v) is 19.2. The van der Waals surface area contributed by atoms with Gasteiger partial charge in [-0.05, 0) is 62.8 Å². The number of hydrogen-bond acceptors (Lipinski definition) is 6. The van der Waals surface area contributed by atoms with Crippen molar-refractivity contribution in [2.24, 2.45) is 4.99 Å². The number of benzene rings is 1. The van der Waals surface area contributed by atoms with Crippen LogP contribution in [-0.4, -0.2) is 33.8 Å². The average molecular weight is 431 g/mol. The van der Waals surface area contributed by atoms with Gasteiger partial charge in [-0.2, -0.15) is 17.9 Å². The number of allylic oxidation sites excluding steroid dienone is 2. The predicted molar refractivity (Wildman–Crippen MR) is 126 cm³/mol. The fraction of sp³-hybridized carbons (Fsp3) is 0.455. The molecule has 2 N–H and O–H groups in total. The Balaban J connectivity index is 2.31. The molecule has 5 nitrogen and oxygen atoms in total. The molecule has 0 radical (unpaired) electrons. The highest BCUT2D eigenvalue weighted by atomic mass is 32.2. The molecule has 1 aliphatic heterocycles. The normalized spacial score (nSPS) is 18.5. The summed E-state index contributed by atoms with van der Waals surface area (Å²) in [5, 5.41) is 14.2. The Morgan fingerprint density at radius 1 is 1.41 bits per heavy atom. The smallest absolute Gasteiger partial charge is 0.136 e. The summed E-state index contributed by atoms with van der Waals surface area (Å²) in [7, 11) is 0. The lowest BCUT2D eigenvalue weighted by Crippen LogP contribution is -2.53. The van der Waals surface area contributed by atoms with Gasteiger partial charge in [0, 0.05) is 30.9 Å². The Morgan fingerprint density at radius 2 is 2.17 bits per heavy atom. The topological polar surface area (TPSA) is 83.3 Å². The van der Waals surface area contributed by atoms with Crippen molar-refractivity contribution in [2.45, 2.75) is 50.8 Å². The minimum absolute atomic E-state index is 0.389. The van der Waals surface area contributed by atoms with Gasteiger partial charge in [-0.25, -0.2) is 0 Å². The van der Waals surface area contributed by atoms with Crippen LogP contribution >= 0.6 is 12.6 Å². The van der Waals surface area contributed by atoms with Crippen LogP contribution in [0.2, 0.25) is 0 Å². The van der Waals surface area contributed by atoms with Gasteiger partial charge in [-0.15, -0.1) is 4.72 Å². The third-order valence-corrected chi connectivity index (χ3v) is 6.52. The van der Waals surface area contributed by atoms with Crippen LogP contribution in [-0.2, 0) is 11.4 Å². The highest BCUT2D eigenvalue weighted by Crippen LogP contribution is 2.24. The molecule has 1 unspecified atom stereocenters. The van der Waals surface area contributed by atoms with E-state index in [1.54, 1.807) is 11.5 Å². The van der Waals surface area contributed by atoms with Crippen LogP contribution in [0.1, 0.15) is 51.7 Å². The maximum atomic E-state index is 12.8. The van der Waals surface area contributed by atoms with E-state index in [2.05, 4.69) is 33.7 Å². The van der Waals surface area contributed by atoms with Gasteiger partial charge in [-0.3, -0.25) is 4.99 Å². The number of nitrogens with zero attached hydrogens (tertiary/aromatic N) is 2. The van der Waals surface area contributed by atoms with Gasteiger partial charge in [-0.1, -0.05) is 24.3 Å². The van der Waals surface area contributed by atoms with Gasteiger partial charge >= 0.3 is 0 Å². The molecule has 1 aliphatic rings. The van der Waals surface area contributed by atoms with E-state index >= 15 is 0 Å². The lowest BCUT2D eigenvalue weighted by atomic mass is 9.95. The Hall–Kier alpha value is -1.72. The SMILES string of the molecule is CC(C)(C)[S+]([O-])N[C@](C)(/C=C/C(=C\S)c1cccc(C#N)c1)CC1=NCCCN1. The molecule has 7 heteroatoms. The second-order valence-corrected chi connectivity index (χ2v) is 10.5. The first kappa shape index (κ1) is 23.6. The Kier molecular flexibility index (Phi) is 8.41. The third-order valence-electron chi connectivity index (χ3n) is 4.48. The van der Waals surface area contributed by atoms with Gasteiger partial charge in [0.2, 0.25) is 0 Å². The van der Waals surface area contributed by atoms with E-state index in [0.717, 1.165) is 36.5 Å². The Bertz CT molecular complexity index is 836. The zero-order valence-electron chi connectivity index (χ0n) is 17.5. The fourth-order valence-electron chi connectivity index (χ4n) is 2.80. The molecule has 2 rings (SSSR count). The number of nitriles is 1. The lowest BCUT2D eigenvalue weighted by Gasteiger charge is -2.34. The van der Waals surface area contributed by atoms with E-state index in [-0.39, 0.29) is 4.75 Å². The minimum Gasteiger partial charge on any atom is -0.598 e. The highest BCUT2D eigenvalue weighted by Gasteiger charge is 2.35. The van der Waals surface area contributed by atoms with E-state index in [9.17, 15) is 4.55 Å². The quantitative estimate of drug-likeness (QED) is 0.347. The van der Waals surface area contributed by atoms with Gasteiger partial charge in [0.15, 0.2) is 0 Å². The fourth-order valence-corrected chi connectivity index (χ4v) is 3.90. The monoisotopic (exact) mass is 430 g/mol. The van der Waals surface area contributed by atoms with E-state index in [1.165, 1.54) is 0 Å². The maximum Gasteiger partial charge on any atom is 0.136 e. The summed E-state index contributed by atoms with van der Waals surface area (Å²) in [4.78, 5) is 4.58.